The van der Waals surface area contributed by atoms with Crippen LogP contribution in [0.3, 0.4) is 0 Å². The van der Waals surface area contributed by atoms with Gasteiger partial charge in [0.25, 0.3) is 5.56 Å². The van der Waals surface area contributed by atoms with Crippen molar-refractivity contribution in [2.45, 2.75) is 62.8 Å². The second-order valence-electron chi connectivity index (χ2n) is 10.8. The molecule has 5 aliphatic rings. The summed E-state index contributed by atoms with van der Waals surface area (Å²) >= 11 is 0. The summed E-state index contributed by atoms with van der Waals surface area (Å²) in [6.07, 6.45) is 2.12. The predicted molar refractivity (Wildman–Crippen MR) is 119 cm³/mol. The highest BCUT2D eigenvalue weighted by Crippen LogP contribution is 2.63. The zero-order chi connectivity index (χ0) is 23.9. The van der Waals surface area contributed by atoms with E-state index in [4.69, 9.17) is 0 Å². The highest BCUT2D eigenvalue weighted by molar-refractivity contribution is 5.82. The number of aromatic nitrogens is 2. The molecule has 7 rings (SSSR count). The van der Waals surface area contributed by atoms with Gasteiger partial charge in [0.15, 0.2) is 0 Å². The van der Waals surface area contributed by atoms with E-state index in [2.05, 4.69) is 25.1 Å². The Hall–Kier alpha value is -2.46. The van der Waals surface area contributed by atoms with Crippen LogP contribution in [-0.4, -0.2) is 62.9 Å². The Morgan fingerprint density at radius 2 is 1.88 bits per heavy atom. The maximum Gasteiger partial charge on any atom is 0.422 e. The Bertz CT molecular complexity index is 1210. The zero-order valence-electron chi connectivity index (χ0n) is 19.1. The van der Waals surface area contributed by atoms with Gasteiger partial charge in [-0.05, 0) is 56.2 Å². The van der Waals surface area contributed by atoms with Crippen LogP contribution in [0.2, 0.25) is 0 Å². The number of amides is 1. The number of halogens is 3. The smallest absolute Gasteiger partial charge is 0.350 e. The molecular formula is C24H28F3N5O2. The van der Waals surface area contributed by atoms with Gasteiger partial charge in [-0.25, -0.2) is 0 Å². The van der Waals surface area contributed by atoms with Crippen molar-refractivity contribution in [3.05, 3.63) is 39.3 Å². The average Bonchev–Trinajstić information content (AvgIpc) is 3.54. The third kappa shape index (κ3) is 3.53. The van der Waals surface area contributed by atoms with Gasteiger partial charge >= 0.3 is 6.18 Å². The molecule has 1 amide bonds. The lowest BCUT2D eigenvalue weighted by Crippen LogP contribution is -2.84. The highest BCUT2D eigenvalue weighted by Gasteiger charge is 2.71. The van der Waals surface area contributed by atoms with Crippen LogP contribution in [0, 0.1) is 12.8 Å². The molecule has 1 saturated heterocycles. The summed E-state index contributed by atoms with van der Waals surface area (Å²) in [7, 11) is 0. The molecule has 7 nitrogen and oxygen atoms in total. The number of carbonyl (C=O) groups excluding carboxylic acids is 1. The van der Waals surface area contributed by atoms with Crippen molar-refractivity contribution in [3.63, 3.8) is 0 Å². The van der Waals surface area contributed by atoms with Crippen LogP contribution in [0.25, 0.3) is 11.0 Å². The molecule has 182 valence electrons. The van der Waals surface area contributed by atoms with Gasteiger partial charge in [-0.2, -0.15) is 13.2 Å². The van der Waals surface area contributed by atoms with Crippen LogP contribution in [0.5, 0.6) is 0 Å². The molecule has 2 N–H and O–H groups in total. The Balaban J connectivity index is 1.07. The van der Waals surface area contributed by atoms with Crippen LogP contribution >= 0.6 is 0 Å². The van der Waals surface area contributed by atoms with E-state index in [-0.39, 0.29) is 34.0 Å². The molecule has 1 aliphatic heterocycles. The van der Waals surface area contributed by atoms with Crippen LogP contribution in [0.15, 0.2) is 17.1 Å². The summed E-state index contributed by atoms with van der Waals surface area (Å²) in [6.45, 7) is 5.62. The number of H-pyrrole nitrogens is 1. The van der Waals surface area contributed by atoms with Gasteiger partial charge in [0.2, 0.25) is 5.91 Å². The molecule has 34 heavy (non-hydrogen) atoms. The van der Waals surface area contributed by atoms with Crippen LogP contribution in [0.4, 0.5) is 13.2 Å². The summed E-state index contributed by atoms with van der Waals surface area (Å²) in [5.74, 6) is 0.500. The Kier molecular flexibility index (Phi) is 4.71. The molecule has 0 unspecified atom stereocenters. The number of hydrogen-bond donors (Lipinski definition) is 2. The van der Waals surface area contributed by atoms with E-state index in [1.54, 1.807) is 12.3 Å². The monoisotopic (exact) mass is 475 g/mol. The summed E-state index contributed by atoms with van der Waals surface area (Å²) in [6, 6.07) is 1.73. The van der Waals surface area contributed by atoms with E-state index in [1.807, 2.05) is 0 Å². The number of aryl methyl sites for hydroxylation is 1. The first kappa shape index (κ1) is 22.0. The lowest BCUT2D eigenvalue weighted by Gasteiger charge is -2.74. The van der Waals surface area contributed by atoms with Gasteiger partial charge in [0.05, 0.1) is 11.0 Å². The predicted octanol–water partition coefficient (Wildman–Crippen LogP) is 2.57. The van der Waals surface area contributed by atoms with Gasteiger partial charge in [0, 0.05) is 55.9 Å². The second-order valence-corrected chi connectivity index (χ2v) is 10.8. The van der Waals surface area contributed by atoms with Crippen LogP contribution in [-0.2, 0) is 17.5 Å². The number of rotatable bonds is 5. The zero-order valence-corrected chi connectivity index (χ0v) is 19.1. The molecule has 5 fully saturated rings. The summed E-state index contributed by atoms with van der Waals surface area (Å²) in [5, 5.41) is 3.29. The number of hydrogen-bond acceptors (Lipinski definition) is 5. The second kappa shape index (κ2) is 7.27. The molecule has 2 aromatic rings. The Labute approximate surface area is 194 Å². The van der Waals surface area contributed by atoms with Crippen molar-refractivity contribution >= 4 is 16.9 Å². The summed E-state index contributed by atoms with van der Waals surface area (Å²) in [5.41, 5.74) is -0.784. The van der Waals surface area contributed by atoms with Crippen molar-refractivity contribution in [1.29, 1.82) is 0 Å². The van der Waals surface area contributed by atoms with Crippen molar-refractivity contribution in [1.82, 2.24) is 25.1 Å². The number of aromatic amines is 1. The van der Waals surface area contributed by atoms with E-state index in [0.29, 0.717) is 12.1 Å². The van der Waals surface area contributed by atoms with E-state index >= 15 is 0 Å². The summed E-state index contributed by atoms with van der Waals surface area (Å²) < 4.78 is 39.6. The fourth-order valence-corrected chi connectivity index (χ4v) is 6.35. The minimum Gasteiger partial charge on any atom is -0.350 e. The molecule has 0 radical (unpaired) electrons. The first-order valence-electron chi connectivity index (χ1n) is 12.0. The number of carbonyl (C=O) groups is 1. The molecule has 2 bridgehead atoms. The van der Waals surface area contributed by atoms with Crippen molar-refractivity contribution < 1.29 is 18.0 Å². The van der Waals surface area contributed by atoms with Gasteiger partial charge in [-0.3, -0.25) is 24.4 Å². The lowest BCUT2D eigenvalue weighted by atomic mass is 9.43. The van der Waals surface area contributed by atoms with E-state index in [1.165, 1.54) is 6.92 Å². The fourth-order valence-electron chi connectivity index (χ4n) is 6.35. The third-order valence-electron chi connectivity index (χ3n) is 8.22. The molecule has 0 spiro atoms. The largest absolute Gasteiger partial charge is 0.422 e. The lowest BCUT2D eigenvalue weighted by molar-refractivity contribution is -0.191. The van der Waals surface area contributed by atoms with Crippen molar-refractivity contribution in [3.8, 4) is 0 Å². The molecule has 0 aromatic carbocycles. The molecular weight excluding hydrogens is 447 g/mol. The number of nitrogens with zero attached hydrogens (tertiary/aromatic N) is 3. The minimum absolute atomic E-state index is 0.0502. The Morgan fingerprint density at radius 1 is 1.21 bits per heavy atom. The van der Waals surface area contributed by atoms with Crippen LogP contribution < -0.4 is 10.9 Å². The number of piperazine rings is 1. The van der Waals surface area contributed by atoms with Crippen LogP contribution in [0.1, 0.15) is 48.8 Å². The van der Waals surface area contributed by atoms with Crippen molar-refractivity contribution in [2.75, 3.05) is 26.2 Å². The quantitative estimate of drug-likeness (QED) is 0.695. The van der Waals surface area contributed by atoms with Gasteiger partial charge in [0.1, 0.15) is 5.56 Å². The van der Waals surface area contributed by atoms with E-state index in [9.17, 15) is 22.8 Å². The topological polar surface area (TPSA) is 81.3 Å². The van der Waals surface area contributed by atoms with Gasteiger partial charge in [-0.15, -0.1) is 0 Å². The fraction of sp³-hybridized carbons (Fsp3) is 0.625. The number of fused-ring (bicyclic) bond motifs is 1. The number of nitrogens with one attached hydrogen (secondary N) is 2. The maximum absolute atomic E-state index is 13.2. The average molecular weight is 476 g/mol. The van der Waals surface area contributed by atoms with Gasteiger partial charge in [-0.1, -0.05) is 0 Å². The SMILES string of the molecule is Cc1c(C(F)(F)F)c(=O)[nH]c2cc(CN3CCN(C45CC(NC(=O)C6CC6)(C4)C5)CC3)cnc12. The molecule has 4 saturated carbocycles. The van der Waals surface area contributed by atoms with Crippen molar-refractivity contribution in [2.24, 2.45) is 5.92 Å². The first-order chi connectivity index (χ1) is 16.1. The molecule has 10 heteroatoms. The maximum atomic E-state index is 13.2. The van der Waals surface area contributed by atoms with Gasteiger partial charge < -0.3 is 10.3 Å². The molecule has 3 heterocycles. The summed E-state index contributed by atoms with van der Waals surface area (Å²) in [4.78, 5) is 35.6. The number of pyridine rings is 2. The standard InChI is InChI=1S/C24H28F3N5O2/c1-14-18(24(25,26)27)21(34)29-17-8-15(9-28-19(14)17)10-31-4-6-32(7-5-31)23-11-22(12-23,13-23)30-20(33)16-2-3-16/h8-9,16H,2-7,10-13H2,1H3,(H,29,34)(H,30,33). The number of alkyl halides is 3. The highest BCUT2D eigenvalue weighted by atomic mass is 19.4. The first-order valence-corrected chi connectivity index (χ1v) is 12.0. The molecule has 0 atom stereocenters. The molecule has 2 aromatic heterocycles. The normalized spacial score (nSPS) is 29.5. The minimum atomic E-state index is -4.71. The third-order valence-corrected chi connectivity index (χ3v) is 8.22. The Morgan fingerprint density at radius 3 is 2.50 bits per heavy atom. The molecule has 4 aliphatic carbocycles. The van der Waals surface area contributed by atoms with E-state index in [0.717, 1.165) is 63.8 Å². The van der Waals surface area contributed by atoms with E-state index < -0.39 is 17.3 Å².